The summed E-state index contributed by atoms with van der Waals surface area (Å²) in [7, 11) is 0. The van der Waals surface area contributed by atoms with Crippen LogP contribution < -0.4 is 0 Å². The van der Waals surface area contributed by atoms with E-state index in [9.17, 15) is 14.9 Å². The van der Waals surface area contributed by atoms with Crippen LogP contribution in [0, 0.1) is 10.1 Å². The number of benzene rings is 1. The number of hydrogen-bond donors (Lipinski definition) is 0. The van der Waals surface area contributed by atoms with Crippen molar-refractivity contribution in [3.63, 3.8) is 0 Å². The molecule has 6 nitrogen and oxygen atoms in total. The quantitative estimate of drug-likeness (QED) is 0.469. The number of nitro groups is 1. The maximum atomic E-state index is 11.1. The standard InChI is InChI=1S/C12H11N3O3/c1-9(16)11-6-13-14(8-11)7-10-3-2-4-12(5-10)15(17)18/h2-6,8H,7H2,1H3. The summed E-state index contributed by atoms with van der Waals surface area (Å²) >= 11 is 0. The van der Waals surface area contributed by atoms with Crippen molar-refractivity contribution in [2.45, 2.75) is 13.5 Å². The Bertz CT molecular complexity index is 604. The molecule has 18 heavy (non-hydrogen) atoms. The van der Waals surface area contributed by atoms with E-state index in [-0.39, 0.29) is 11.5 Å². The summed E-state index contributed by atoms with van der Waals surface area (Å²) in [5, 5.41) is 14.7. The molecular weight excluding hydrogens is 234 g/mol. The van der Waals surface area contributed by atoms with E-state index in [1.165, 1.54) is 25.3 Å². The van der Waals surface area contributed by atoms with E-state index in [0.717, 1.165) is 5.56 Å². The highest BCUT2D eigenvalue weighted by Gasteiger charge is 2.07. The average Bonchev–Trinajstić information content (AvgIpc) is 2.78. The second kappa shape index (κ2) is 4.79. The fourth-order valence-electron chi connectivity index (χ4n) is 1.59. The van der Waals surface area contributed by atoms with Gasteiger partial charge in [-0.05, 0) is 12.5 Å². The highest BCUT2D eigenvalue weighted by molar-refractivity contribution is 5.93. The normalized spacial score (nSPS) is 10.3. The first-order chi connectivity index (χ1) is 8.56. The Morgan fingerprint density at radius 3 is 2.89 bits per heavy atom. The fraction of sp³-hybridized carbons (Fsp3) is 0.167. The lowest BCUT2D eigenvalue weighted by atomic mass is 10.2. The molecule has 2 rings (SSSR count). The van der Waals surface area contributed by atoms with Gasteiger partial charge in [-0.1, -0.05) is 12.1 Å². The average molecular weight is 245 g/mol. The molecule has 1 aromatic heterocycles. The Labute approximate surface area is 103 Å². The van der Waals surface area contributed by atoms with Crippen molar-refractivity contribution in [2.24, 2.45) is 0 Å². The van der Waals surface area contributed by atoms with E-state index in [1.807, 2.05) is 0 Å². The van der Waals surface area contributed by atoms with Gasteiger partial charge in [-0.3, -0.25) is 19.6 Å². The third kappa shape index (κ3) is 2.60. The number of nitrogens with zero attached hydrogens (tertiary/aromatic N) is 3. The molecule has 0 fully saturated rings. The van der Waals surface area contributed by atoms with Gasteiger partial charge in [0.05, 0.1) is 23.2 Å². The molecule has 0 spiro atoms. The van der Waals surface area contributed by atoms with Gasteiger partial charge in [0, 0.05) is 18.3 Å². The Kier molecular flexibility index (Phi) is 3.18. The van der Waals surface area contributed by atoms with Gasteiger partial charge in [-0.2, -0.15) is 5.10 Å². The number of aromatic nitrogens is 2. The van der Waals surface area contributed by atoms with Gasteiger partial charge in [0.2, 0.25) is 0 Å². The van der Waals surface area contributed by atoms with Crippen LogP contribution in [0.2, 0.25) is 0 Å². The molecule has 0 saturated heterocycles. The summed E-state index contributed by atoms with van der Waals surface area (Å²) in [5.41, 5.74) is 1.34. The lowest BCUT2D eigenvalue weighted by Crippen LogP contribution is -2.00. The van der Waals surface area contributed by atoms with Crippen LogP contribution in [0.15, 0.2) is 36.7 Å². The van der Waals surface area contributed by atoms with Crippen LogP contribution in [0.25, 0.3) is 0 Å². The minimum atomic E-state index is -0.437. The summed E-state index contributed by atoms with van der Waals surface area (Å²) in [6.45, 7) is 1.86. The second-order valence-corrected chi connectivity index (χ2v) is 3.91. The summed E-state index contributed by atoms with van der Waals surface area (Å²) in [5.74, 6) is -0.0553. The molecule has 0 aliphatic heterocycles. The van der Waals surface area contributed by atoms with Crippen molar-refractivity contribution in [3.8, 4) is 0 Å². The summed E-state index contributed by atoms with van der Waals surface area (Å²) in [6, 6.07) is 6.34. The van der Waals surface area contributed by atoms with Crippen molar-refractivity contribution in [3.05, 3.63) is 57.9 Å². The van der Waals surface area contributed by atoms with Gasteiger partial charge in [0.1, 0.15) is 0 Å². The molecule has 1 aromatic carbocycles. The molecule has 6 heteroatoms. The van der Waals surface area contributed by atoms with Crippen molar-refractivity contribution in [1.29, 1.82) is 0 Å². The van der Waals surface area contributed by atoms with Gasteiger partial charge in [0.25, 0.3) is 5.69 Å². The third-order valence-corrected chi connectivity index (χ3v) is 2.51. The van der Waals surface area contributed by atoms with Crippen LogP contribution in [0.4, 0.5) is 5.69 Å². The Hall–Kier alpha value is -2.50. The first-order valence-corrected chi connectivity index (χ1v) is 5.33. The number of ketones is 1. The summed E-state index contributed by atoms with van der Waals surface area (Å²) < 4.78 is 1.58. The van der Waals surface area contributed by atoms with Gasteiger partial charge in [-0.15, -0.1) is 0 Å². The Morgan fingerprint density at radius 2 is 2.28 bits per heavy atom. The predicted molar refractivity (Wildman–Crippen MR) is 64.4 cm³/mol. The monoisotopic (exact) mass is 245 g/mol. The maximum absolute atomic E-state index is 11.1. The van der Waals surface area contributed by atoms with E-state index < -0.39 is 4.92 Å². The Balaban J connectivity index is 2.20. The van der Waals surface area contributed by atoms with Crippen molar-refractivity contribution in [2.75, 3.05) is 0 Å². The molecule has 0 saturated carbocycles. The smallest absolute Gasteiger partial charge is 0.269 e. The van der Waals surface area contributed by atoms with Gasteiger partial charge >= 0.3 is 0 Å². The molecule has 0 bridgehead atoms. The topological polar surface area (TPSA) is 78.0 Å². The van der Waals surface area contributed by atoms with Crippen molar-refractivity contribution in [1.82, 2.24) is 9.78 Å². The van der Waals surface area contributed by atoms with Crippen LogP contribution in [-0.2, 0) is 6.54 Å². The SMILES string of the molecule is CC(=O)c1cnn(Cc2cccc([N+](=O)[O-])c2)c1. The molecule has 2 aromatic rings. The lowest BCUT2D eigenvalue weighted by Gasteiger charge is -2.01. The second-order valence-electron chi connectivity index (χ2n) is 3.91. The van der Waals surface area contributed by atoms with Crippen molar-refractivity contribution < 1.29 is 9.72 Å². The zero-order valence-electron chi connectivity index (χ0n) is 9.74. The number of Topliss-reactive ketones (excluding diaryl/α,β-unsaturated/α-hetero) is 1. The molecule has 92 valence electrons. The molecule has 0 unspecified atom stereocenters. The number of nitro benzene ring substituents is 1. The number of non-ortho nitro benzene ring substituents is 1. The first kappa shape index (κ1) is 12.0. The van der Waals surface area contributed by atoms with Crippen LogP contribution in [0.5, 0.6) is 0 Å². The molecule has 0 amide bonds. The van der Waals surface area contributed by atoms with Crippen LogP contribution in [0.3, 0.4) is 0 Å². The minimum absolute atomic E-state index is 0.0476. The maximum Gasteiger partial charge on any atom is 0.269 e. The van der Waals surface area contributed by atoms with Crippen molar-refractivity contribution >= 4 is 11.5 Å². The molecule has 1 heterocycles. The highest BCUT2D eigenvalue weighted by Crippen LogP contribution is 2.14. The van der Waals surface area contributed by atoms with E-state index in [2.05, 4.69) is 5.10 Å². The largest absolute Gasteiger partial charge is 0.294 e. The fourth-order valence-corrected chi connectivity index (χ4v) is 1.59. The molecular formula is C12H11N3O3. The zero-order valence-corrected chi connectivity index (χ0v) is 9.74. The molecule has 0 radical (unpaired) electrons. The van der Waals surface area contributed by atoms with E-state index in [4.69, 9.17) is 0 Å². The lowest BCUT2D eigenvalue weighted by molar-refractivity contribution is -0.384. The molecule has 0 aliphatic carbocycles. The van der Waals surface area contributed by atoms with Crippen LogP contribution in [-0.4, -0.2) is 20.5 Å². The summed E-state index contributed by atoms with van der Waals surface area (Å²) in [4.78, 5) is 21.3. The predicted octanol–water partition coefficient (Wildman–Crippen LogP) is 2.04. The molecule has 0 atom stereocenters. The third-order valence-electron chi connectivity index (χ3n) is 2.51. The van der Waals surface area contributed by atoms with Crippen LogP contribution >= 0.6 is 0 Å². The number of carbonyl (C=O) groups is 1. The number of rotatable bonds is 4. The summed E-state index contributed by atoms with van der Waals surface area (Å²) in [6.07, 6.45) is 3.11. The van der Waals surface area contributed by atoms with Gasteiger partial charge in [-0.25, -0.2) is 0 Å². The Morgan fingerprint density at radius 1 is 1.50 bits per heavy atom. The number of hydrogen-bond acceptors (Lipinski definition) is 4. The van der Waals surface area contributed by atoms with E-state index in [1.54, 1.807) is 23.0 Å². The molecule has 0 aliphatic rings. The van der Waals surface area contributed by atoms with Crippen LogP contribution in [0.1, 0.15) is 22.8 Å². The van der Waals surface area contributed by atoms with Gasteiger partial charge < -0.3 is 0 Å². The van der Waals surface area contributed by atoms with E-state index >= 15 is 0 Å². The molecule has 0 N–H and O–H groups in total. The highest BCUT2D eigenvalue weighted by atomic mass is 16.6. The van der Waals surface area contributed by atoms with Gasteiger partial charge in [0.15, 0.2) is 5.78 Å². The number of carbonyl (C=O) groups excluding carboxylic acids is 1. The minimum Gasteiger partial charge on any atom is -0.294 e. The van der Waals surface area contributed by atoms with E-state index in [0.29, 0.717) is 12.1 Å². The first-order valence-electron chi connectivity index (χ1n) is 5.33. The zero-order chi connectivity index (χ0) is 13.1.